The van der Waals surface area contributed by atoms with Gasteiger partial charge in [0.25, 0.3) is 5.91 Å². The Balaban J connectivity index is 2.86. The van der Waals surface area contributed by atoms with Gasteiger partial charge in [-0.3, -0.25) is 4.79 Å². The molecule has 2 nitrogen and oxygen atoms in total. The lowest BCUT2D eigenvalue weighted by atomic mass is 10.1. The molecule has 0 unspecified atom stereocenters. The summed E-state index contributed by atoms with van der Waals surface area (Å²) in [4.78, 5) is 14.0. The van der Waals surface area contributed by atoms with E-state index in [2.05, 4.69) is 6.58 Å². The predicted molar refractivity (Wildman–Crippen MR) is 67.6 cm³/mol. The molecule has 1 aromatic rings. The largest absolute Gasteiger partial charge is 0.335 e. The van der Waals surface area contributed by atoms with Gasteiger partial charge in [0, 0.05) is 18.7 Å². The zero-order chi connectivity index (χ0) is 12.1. The van der Waals surface area contributed by atoms with E-state index in [4.69, 9.17) is 0 Å². The first kappa shape index (κ1) is 12.5. The SMILES string of the molecule is C=C(C)CN(CC)C(=O)c1cccc(C)c1. The lowest BCUT2D eigenvalue weighted by Gasteiger charge is -2.21. The van der Waals surface area contributed by atoms with Crippen LogP contribution >= 0.6 is 0 Å². The third-order valence-corrected chi connectivity index (χ3v) is 2.39. The van der Waals surface area contributed by atoms with Gasteiger partial charge in [0.2, 0.25) is 0 Å². The van der Waals surface area contributed by atoms with Gasteiger partial charge in [-0.15, -0.1) is 0 Å². The molecule has 0 N–H and O–H groups in total. The molecule has 0 radical (unpaired) electrons. The molecule has 0 aliphatic heterocycles. The van der Waals surface area contributed by atoms with Gasteiger partial charge >= 0.3 is 0 Å². The quantitative estimate of drug-likeness (QED) is 0.710. The Bertz CT molecular complexity index is 395. The highest BCUT2D eigenvalue weighted by molar-refractivity contribution is 5.94. The van der Waals surface area contributed by atoms with Crippen LogP contribution in [-0.4, -0.2) is 23.9 Å². The van der Waals surface area contributed by atoms with Crippen molar-refractivity contribution in [1.82, 2.24) is 4.90 Å². The van der Waals surface area contributed by atoms with Crippen LogP contribution in [0.1, 0.15) is 29.8 Å². The number of hydrogen-bond donors (Lipinski definition) is 0. The van der Waals surface area contributed by atoms with E-state index in [0.29, 0.717) is 13.1 Å². The number of amides is 1. The summed E-state index contributed by atoms with van der Waals surface area (Å²) in [6, 6.07) is 7.68. The molecule has 0 fully saturated rings. The minimum absolute atomic E-state index is 0.0780. The number of nitrogens with zero attached hydrogens (tertiary/aromatic N) is 1. The molecule has 1 aromatic carbocycles. The second-order valence-corrected chi connectivity index (χ2v) is 4.15. The van der Waals surface area contributed by atoms with Crippen molar-refractivity contribution in [2.45, 2.75) is 20.8 Å². The summed E-state index contributed by atoms with van der Waals surface area (Å²) >= 11 is 0. The van der Waals surface area contributed by atoms with Crippen LogP contribution in [0.25, 0.3) is 0 Å². The lowest BCUT2D eigenvalue weighted by molar-refractivity contribution is 0.0778. The second-order valence-electron chi connectivity index (χ2n) is 4.15. The Morgan fingerprint density at radius 2 is 2.12 bits per heavy atom. The van der Waals surface area contributed by atoms with Crippen molar-refractivity contribution in [3.05, 3.63) is 47.5 Å². The molecule has 0 heterocycles. The first-order chi connectivity index (χ1) is 7.54. The van der Waals surface area contributed by atoms with Crippen molar-refractivity contribution in [1.29, 1.82) is 0 Å². The Kier molecular flexibility index (Phi) is 4.29. The normalized spacial score (nSPS) is 9.94. The molecule has 0 bridgehead atoms. The van der Waals surface area contributed by atoms with Gasteiger partial charge in [0.05, 0.1) is 0 Å². The van der Waals surface area contributed by atoms with E-state index in [-0.39, 0.29) is 5.91 Å². The minimum atomic E-state index is 0.0780. The number of hydrogen-bond acceptors (Lipinski definition) is 1. The van der Waals surface area contributed by atoms with Crippen molar-refractivity contribution in [2.24, 2.45) is 0 Å². The van der Waals surface area contributed by atoms with Gasteiger partial charge in [-0.25, -0.2) is 0 Å². The molecule has 1 amide bonds. The third kappa shape index (κ3) is 3.23. The monoisotopic (exact) mass is 217 g/mol. The van der Waals surface area contributed by atoms with Crippen LogP contribution in [0.3, 0.4) is 0 Å². The van der Waals surface area contributed by atoms with Gasteiger partial charge < -0.3 is 4.90 Å². The van der Waals surface area contributed by atoms with Crippen LogP contribution in [0.5, 0.6) is 0 Å². The van der Waals surface area contributed by atoms with Crippen molar-refractivity contribution in [3.63, 3.8) is 0 Å². The maximum Gasteiger partial charge on any atom is 0.254 e. The fourth-order valence-corrected chi connectivity index (χ4v) is 1.61. The summed E-state index contributed by atoms with van der Waals surface area (Å²) in [6.07, 6.45) is 0. The molecule has 2 heteroatoms. The van der Waals surface area contributed by atoms with E-state index in [1.54, 1.807) is 4.90 Å². The van der Waals surface area contributed by atoms with Crippen molar-refractivity contribution >= 4 is 5.91 Å². The molecule has 0 spiro atoms. The number of carbonyl (C=O) groups excluding carboxylic acids is 1. The standard InChI is InChI=1S/C14H19NO/c1-5-15(10-11(2)3)14(16)13-8-6-7-12(4)9-13/h6-9H,2,5,10H2,1,3-4H3. The van der Waals surface area contributed by atoms with Gasteiger partial charge in [-0.05, 0) is 32.9 Å². The molecular weight excluding hydrogens is 198 g/mol. The number of benzene rings is 1. The van der Waals surface area contributed by atoms with Gasteiger partial charge in [-0.2, -0.15) is 0 Å². The van der Waals surface area contributed by atoms with Gasteiger partial charge in [0.15, 0.2) is 0 Å². The van der Waals surface area contributed by atoms with E-state index in [9.17, 15) is 4.79 Å². The molecule has 0 saturated heterocycles. The highest BCUT2D eigenvalue weighted by Gasteiger charge is 2.13. The number of rotatable bonds is 4. The molecule has 0 aliphatic carbocycles. The maximum atomic E-state index is 12.1. The van der Waals surface area contributed by atoms with Crippen LogP contribution in [0.15, 0.2) is 36.4 Å². The fraction of sp³-hybridized carbons (Fsp3) is 0.357. The molecule has 16 heavy (non-hydrogen) atoms. The summed E-state index contributed by atoms with van der Waals surface area (Å²) in [6.45, 7) is 11.1. The lowest BCUT2D eigenvalue weighted by Crippen LogP contribution is -2.32. The van der Waals surface area contributed by atoms with Crippen LogP contribution in [-0.2, 0) is 0 Å². The van der Waals surface area contributed by atoms with E-state index in [1.165, 1.54) is 0 Å². The highest BCUT2D eigenvalue weighted by Crippen LogP contribution is 2.09. The first-order valence-electron chi connectivity index (χ1n) is 5.55. The van der Waals surface area contributed by atoms with Crippen molar-refractivity contribution in [2.75, 3.05) is 13.1 Å². The summed E-state index contributed by atoms with van der Waals surface area (Å²) in [7, 11) is 0. The zero-order valence-corrected chi connectivity index (χ0v) is 10.3. The Morgan fingerprint density at radius 3 is 2.62 bits per heavy atom. The van der Waals surface area contributed by atoms with Gasteiger partial charge in [0.1, 0.15) is 0 Å². The molecule has 86 valence electrons. The van der Waals surface area contributed by atoms with E-state index in [0.717, 1.165) is 16.7 Å². The van der Waals surface area contributed by atoms with Gasteiger partial charge in [-0.1, -0.05) is 29.8 Å². The first-order valence-corrected chi connectivity index (χ1v) is 5.55. The van der Waals surface area contributed by atoms with Crippen molar-refractivity contribution < 1.29 is 4.79 Å². The summed E-state index contributed by atoms with van der Waals surface area (Å²) < 4.78 is 0. The molecule has 0 saturated carbocycles. The van der Waals surface area contributed by atoms with Crippen LogP contribution in [0.2, 0.25) is 0 Å². The number of aryl methyl sites for hydroxylation is 1. The Morgan fingerprint density at radius 1 is 1.44 bits per heavy atom. The highest BCUT2D eigenvalue weighted by atomic mass is 16.2. The molecule has 0 aliphatic rings. The smallest absolute Gasteiger partial charge is 0.254 e. The zero-order valence-electron chi connectivity index (χ0n) is 10.3. The number of likely N-dealkylation sites (N-methyl/N-ethyl adjacent to an activating group) is 1. The average Bonchev–Trinajstić information content (AvgIpc) is 2.24. The molecule has 1 rings (SSSR count). The third-order valence-electron chi connectivity index (χ3n) is 2.39. The van der Waals surface area contributed by atoms with Crippen LogP contribution in [0, 0.1) is 6.92 Å². The van der Waals surface area contributed by atoms with E-state index < -0.39 is 0 Å². The van der Waals surface area contributed by atoms with E-state index >= 15 is 0 Å². The summed E-state index contributed by atoms with van der Waals surface area (Å²) in [5.74, 6) is 0.0780. The molecular formula is C14H19NO. The average molecular weight is 217 g/mol. The van der Waals surface area contributed by atoms with E-state index in [1.807, 2.05) is 45.0 Å². The second kappa shape index (κ2) is 5.50. The fourth-order valence-electron chi connectivity index (χ4n) is 1.61. The van der Waals surface area contributed by atoms with Crippen LogP contribution in [0.4, 0.5) is 0 Å². The summed E-state index contributed by atoms with van der Waals surface area (Å²) in [5, 5.41) is 0. The molecule has 0 aromatic heterocycles. The van der Waals surface area contributed by atoms with Crippen LogP contribution < -0.4 is 0 Å². The van der Waals surface area contributed by atoms with Crippen molar-refractivity contribution in [3.8, 4) is 0 Å². The molecule has 0 atom stereocenters. The topological polar surface area (TPSA) is 20.3 Å². The Labute approximate surface area is 97.6 Å². The number of carbonyl (C=O) groups is 1. The minimum Gasteiger partial charge on any atom is -0.335 e. The Hall–Kier alpha value is -1.57. The predicted octanol–water partition coefficient (Wildman–Crippen LogP) is 3.03. The maximum absolute atomic E-state index is 12.1. The summed E-state index contributed by atoms with van der Waals surface area (Å²) in [5.41, 5.74) is 2.86.